The van der Waals surface area contributed by atoms with Crippen LogP contribution in [0.25, 0.3) is 0 Å². The number of nitrogens with zero attached hydrogens (tertiary/aromatic N) is 1. The molecule has 0 aromatic heterocycles. The van der Waals surface area contributed by atoms with E-state index in [4.69, 9.17) is 4.74 Å². The topological polar surface area (TPSA) is 55.4 Å². The molecule has 0 fully saturated rings. The van der Waals surface area contributed by atoms with Crippen molar-refractivity contribution >= 4 is 17.6 Å². The maximum Gasteiger partial charge on any atom is 0.310 e. The van der Waals surface area contributed by atoms with Crippen molar-refractivity contribution in [3.05, 3.63) is 23.3 Å². The lowest BCUT2D eigenvalue weighted by atomic mass is 10.1. The first-order valence-corrected chi connectivity index (χ1v) is 9.23. The Hall–Kier alpha value is -1.88. The van der Waals surface area contributed by atoms with Gasteiger partial charge >= 0.3 is 5.97 Å². The molecular weight excluding hydrogens is 316 g/mol. The zero-order chi connectivity index (χ0) is 19.2. The van der Waals surface area contributed by atoms with E-state index in [1.807, 2.05) is 20.8 Å². The predicted octanol–water partition coefficient (Wildman–Crippen LogP) is 3.82. The van der Waals surface area contributed by atoms with Crippen molar-refractivity contribution < 1.29 is 18.8 Å². The lowest BCUT2D eigenvalue weighted by Crippen LogP contribution is -2.58. The summed E-state index contributed by atoms with van der Waals surface area (Å²) in [5.41, 5.74) is 2.58. The Bertz CT molecular complexity index is 590. The van der Waals surface area contributed by atoms with Crippen molar-refractivity contribution in [1.29, 1.82) is 0 Å². The Kier molecular flexibility index (Phi) is 7.61. The Morgan fingerprint density at radius 3 is 1.92 bits per heavy atom. The van der Waals surface area contributed by atoms with Crippen LogP contribution in [0, 0.1) is 13.8 Å². The van der Waals surface area contributed by atoms with E-state index in [0.717, 1.165) is 40.9 Å². The molecule has 0 heterocycles. The molecule has 25 heavy (non-hydrogen) atoms. The van der Waals surface area contributed by atoms with Crippen molar-refractivity contribution in [2.24, 2.45) is 0 Å². The number of aryl methyl sites for hydroxylation is 2. The molecule has 1 unspecified atom stereocenters. The van der Waals surface area contributed by atoms with Crippen molar-refractivity contribution in [1.82, 2.24) is 0 Å². The second-order valence-corrected chi connectivity index (χ2v) is 6.59. The van der Waals surface area contributed by atoms with Gasteiger partial charge in [0.15, 0.2) is 6.04 Å². The van der Waals surface area contributed by atoms with Crippen LogP contribution >= 0.6 is 0 Å². The van der Waals surface area contributed by atoms with E-state index in [0.29, 0.717) is 12.2 Å². The van der Waals surface area contributed by atoms with E-state index >= 15 is 0 Å². The van der Waals surface area contributed by atoms with Gasteiger partial charge in [0, 0.05) is 12.1 Å². The number of benzene rings is 1. The Labute approximate surface area is 151 Å². The van der Waals surface area contributed by atoms with Gasteiger partial charge in [-0.1, -0.05) is 6.92 Å². The van der Waals surface area contributed by atoms with Gasteiger partial charge < -0.3 is 14.5 Å². The molecule has 1 aromatic rings. The number of hydrogen-bond donors (Lipinski definition) is 1. The van der Waals surface area contributed by atoms with Crippen LogP contribution in [0.5, 0.6) is 5.75 Å². The third-order valence-corrected chi connectivity index (χ3v) is 5.37. The number of rotatable bonds is 8. The molecule has 1 N–H and O–H groups in total. The molecule has 0 aliphatic rings. The predicted molar refractivity (Wildman–Crippen MR) is 102 cm³/mol. The van der Waals surface area contributed by atoms with Gasteiger partial charge in [-0.15, -0.1) is 0 Å². The molecule has 5 heteroatoms. The SMILES string of the molecule is CCC(=O)Oc1cc(C)c(NC(=O)C(C)[N+](CC)(CC)CC)c(C)c1. The average Bonchev–Trinajstić information content (AvgIpc) is 2.59. The standard InChI is InChI=1S/C20H32N2O3/c1-8-18(23)25-17-12-14(5)19(15(6)13-17)21-20(24)16(7)22(9-2,10-3)11-4/h12-13,16H,8-11H2,1-7H3/p+1. The number of anilines is 1. The highest BCUT2D eigenvalue weighted by molar-refractivity contribution is 5.95. The average molecular weight is 349 g/mol. The van der Waals surface area contributed by atoms with E-state index in [1.54, 1.807) is 19.1 Å². The number of carbonyl (C=O) groups is 2. The molecule has 0 bridgehead atoms. The molecule has 140 valence electrons. The normalized spacial score (nSPS) is 12.6. The van der Waals surface area contributed by atoms with E-state index in [9.17, 15) is 9.59 Å². The first-order chi connectivity index (χ1) is 11.7. The van der Waals surface area contributed by atoms with Crippen LogP contribution in [0.15, 0.2) is 12.1 Å². The fourth-order valence-corrected chi connectivity index (χ4v) is 3.35. The number of carbonyl (C=O) groups excluding carboxylic acids is 2. The highest BCUT2D eigenvalue weighted by Crippen LogP contribution is 2.27. The van der Waals surface area contributed by atoms with Gasteiger partial charge in [0.25, 0.3) is 5.91 Å². The van der Waals surface area contributed by atoms with E-state index in [2.05, 4.69) is 26.1 Å². The second kappa shape index (κ2) is 8.99. The van der Waals surface area contributed by atoms with Crippen LogP contribution in [0.1, 0.15) is 52.2 Å². The molecule has 1 amide bonds. The van der Waals surface area contributed by atoms with Gasteiger partial charge in [-0.25, -0.2) is 0 Å². The molecular formula is C20H33N2O3+. The molecule has 0 saturated heterocycles. The van der Waals surface area contributed by atoms with Crippen LogP contribution in [0.4, 0.5) is 5.69 Å². The Morgan fingerprint density at radius 2 is 1.52 bits per heavy atom. The zero-order valence-electron chi connectivity index (χ0n) is 16.7. The number of amides is 1. The number of quaternary nitrogens is 1. The fraction of sp³-hybridized carbons (Fsp3) is 0.600. The third kappa shape index (κ3) is 4.82. The highest BCUT2D eigenvalue weighted by Gasteiger charge is 2.34. The Balaban J connectivity index is 3.03. The van der Waals surface area contributed by atoms with Crippen molar-refractivity contribution in [3.8, 4) is 5.75 Å². The highest BCUT2D eigenvalue weighted by atomic mass is 16.5. The number of esters is 1. The maximum atomic E-state index is 12.8. The lowest BCUT2D eigenvalue weighted by molar-refractivity contribution is -0.936. The van der Waals surface area contributed by atoms with Gasteiger partial charge in [0.05, 0.1) is 19.6 Å². The zero-order valence-corrected chi connectivity index (χ0v) is 16.7. The van der Waals surface area contributed by atoms with Gasteiger partial charge in [0.1, 0.15) is 5.75 Å². The van der Waals surface area contributed by atoms with Crippen molar-refractivity contribution in [2.75, 3.05) is 25.0 Å². The summed E-state index contributed by atoms with van der Waals surface area (Å²) >= 11 is 0. The fourth-order valence-electron chi connectivity index (χ4n) is 3.35. The minimum absolute atomic E-state index is 0.0232. The second-order valence-electron chi connectivity index (χ2n) is 6.59. The Morgan fingerprint density at radius 1 is 1.04 bits per heavy atom. The summed E-state index contributed by atoms with van der Waals surface area (Å²) in [4.78, 5) is 24.3. The smallest absolute Gasteiger partial charge is 0.310 e. The van der Waals surface area contributed by atoms with Gasteiger partial charge in [-0.05, 0) is 64.8 Å². The summed E-state index contributed by atoms with van der Waals surface area (Å²) in [6.45, 7) is 16.7. The summed E-state index contributed by atoms with van der Waals surface area (Å²) in [7, 11) is 0. The minimum atomic E-state index is -0.264. The van der Waals surface area contributed by atoms with E-state index in [1.165, 1.54) is 0 Å². The number of ether oxygens (including phenoxy) is 1. The number of hydrogen-bond acceptors (Lipinski definition) is 3. The molecule has 5 nitrogen and oxygen atoms in total. The van der Waals surface area contributed by atoms with E-state index in [-0.39, 0.29) is 17.9 Å². The monoisotopic (exact) mass is 349 g/mol. The molecule has 0 saturated carbocycles. The summed E-state index contributed by atoms with van der Waals surface area (Å²) < 4.78 is 6.04. The number of likely N-dealkylation sites (N-methyl/N-ethyl adjacent to an activating group) is 1. The molecule has 1 aromatic carbocycles. The van der Waals surface area contributed by atoms with Crippen LogP contribution in [0.3, 0.4) is 0 Å². The summed E-state index contributed by atoms with van der Waals surface area (Å²) in [6, 6.07) is 3.46. The third-order valence-electron chi connectivity index (χ3n) is 5.37. The quantitative estimate of drug-likeness (QED) is 0.441. The molecule has 0 aliphatic carbocycles. The molecule has 0 spiro atoms. The first-order valence-electron chi connectivity index (χ1n) is 9.23. The molecule has 1 atom stereocenters. The minimum Gasteiger partial charge on any atom is -0.427 e. The van der Waals surface area contributed by atoms with Crippen molar-refractivity contribution in [3.63, 3.8) is 0 Å². The van der Waals surface area contributed by atoms with Crippen LogP contribution < -0.4 is 10.1 Å². The maximum absolute atomic E-state index is 12.8. The van der Waals surface area contributed by atoms with Crippen molar-refractivity contribution in [2.45, 2.75) is 60.9 Å². The largest absolute Gasteiger partial charge is 0.427 e. The summed E-state index contributed by atoms with van der Waals surface area (Å²) in [5.74, 6) is 0.281. The van der Waals surface area contributed by atoms with E-state index < -0.39 is 0 Å². The molecule has 1 rings (SSSR count). The van der Waals surface area contributed by atoms with Crippen LogP contribution in [-0.2, 0) is 9.59 Å². The van der Waals surface area contributed by atoms with Crippen LogP contribution in [0.2, 0.25) is 0 Å². The first kappa shape index (κ1) is 21.2. The molecule has 0 aliphatic heterocycles. The summed E-state index contributed by atoms with van der Waals surface area (Å²) in [6.07, 6.45) is 0.332. The summed E-state index contributed by atoms with van der Waals surface area (Å²) in [5, 5.41) is 3.09. The molecule has 0 radical (unpaired) electrons. The van der Waals surface area contributed by atoms with Gasteiger partial charge in [-0.2, -0.15) is 0 Å². The lowest BCUT2D eigenvalue weighted by Gasteiger charge is -2.40. The number of nitrogens with one attached hydrogen (secondary N) is 1. The van der Waals surface area contributed by atoms with Gasteiger partial charge in [-0.3, -0.25) is 9.59 Å². The van der Waals surface area contributed by atoms with Gasteiger partial charge in [0.2, 0.25) is 0 Å². The van der Waals surface area contributed by atoms with Crippen LogP contribution in [-0.4, -0.2) is 42.0 Å².